The van der Waals surface area contributed by atoms with Crippen molar-refractivity contribution in [3.05, 3.63) is 77.4 Å². The molecular formula is C23H23N5OS. The summed E-state index contributed by atoms with van der Waals surface area (Å²) in [6, 6.07) is 20.3. The normalized spacial score (nSPS) is 11.0. The highest BCUT2D eigenvalue weighted by molar-refractivity contribution is 7.99. The van der Waals surface area contributed by atoms with Gasteiger partial charge in [-0.3, -0.25) is 4.79 Å². The molecule has 0 fully saturated rings. The van der Waals surface area contributed by atoms with Gasteiger partial charge in [0.1, 0.15) is 0 Å². The van der Waals surface area contributed by atoms with Crippen molar-refractivity contribution in [3.63, 3.8) is 0 Å². The van der Waals surface area contributed by atoms with Gasteiger partial charge in [0.2, 0.25) is 11.1 Å². The van der Waals surface area contributed by atoms with E-state index in [-0.39, 0.29) is 11.7 Å². The Kier molecular flexibility index (Phi) is 6.09. The average molecular weight is 418 g/mol. The molecule has 2 aromatic carbocycles. The monoisotopic (exact) mass is 417 g/mol. The van der Waals surface area contributed by atoms with E-state index in [9.17, 15) is 4.79 Å². The van der Waals surface area contributed by atoms with Crippen molar-refractivity contribution in [3.8, 4) is 11.3 Å². The van der Waals surface area contributed by atoms with Gasteiger partial charge in [-0.2, -0.15) is 9.61 Å². The van der Waals surface area contributed by atoms with Crippen LogP contribution < -0.4 is 5.32 Å². The fraction of sp³-hybridized carbons (Fsp3) is 0.217. The summed E-state index contributed by atoms with van der Waals surface area (Å²) in [6.45, 7) is 4.69. The highest BCUT2D eigenvalue weighted by atomic mass is 32.2. The number of carbonyl (C=O) groups is 1. The molecule has 0 aliphatic carbocycles. The smallest absolute Gasteiger partial charge is 0.230 e. The molecule has 0 saturated heterocycles. The second-order valence-corrected chi connectivity index (χ2v) is 8.02. The van der Waals surface area contributed by atoms with Gasteiger partial charge < -0.3 is 5.32 Å². The molecule has 4 aromatic rings. The van der Waals surface area contributed by atoms with Crippen molar-refractivity contribution >= 4 is 23.3 Å². The van der Waals surface area contributed by atoms with Crippen LogP contribution in [0.3, 0.4) is 0 Å². The number of hydrogen-bond acceptors (Lipinski definition) is 5. The van der Waals surface area contributed by atoms with Gasteiger partial charge in [-0.15, -0.1) is 10.2 Å². The summed E-state index contributed by atoms with van der Waals surface area (Å²) in [5.74, 6) is 0.202. The maximum absolute atomic E-state index is 12.3. The largest absolute Gasteiger partial charge is 0.351 e. The number of aryl methyl sites for hydroxylation is 2. The van der Waals surface area contributed by atoms with Gasteiger partial charge in [-0.25, -0.2) is 0 Å². The van der Waals surface area contributed by atoms with Crippen LogP contribution in [0.15, 0.2) is 65.8 Å². The zero-order valence-corrected chi connectivity index (χ0v) is 17.8. The summed E-state index contributed by atoms with van der Waals surface area (Å²) in [7, 11) is 0. The maximum Gasteiger partial charge on any atom is 0.230 e. The third-order valence-electron chi connectivity index (χ3n) is 4.83. The molecule has 0 aliphatic rings. The van der Waals surface area contributed by atoms with E-state index < -0.39 is 0 Å². The number of carbonyl (C=O) groups excluding carboxylic acids is 1. The van der Waals surface area contributed by atoms with E-state index in [1.165, 1.54) is 22.9 Å². The van der Waals surface area contributed by atoms with Crippen molar-refractivity contribution < 1.29 is 4.79 Å². The second-order valence-electron chi connectivity index (χ2n) is 7.07. The van der Waals surface area contributed by atoms with Gasteiger partial charge in [0.25, 0.3) is 0 Å². The van der Waals surface area contributed by atoms with E-state index in [0.29, 0.717) is 17.3 Å². The van der Waals surface area contributed by atoms with Gasteiger partial charge in [0.15, 0.2) is 5.65 Å². The van der Waals surface area contributed by atoms with Gasteiger partial charge in [0, 0.05) is 12.1 Å². The van der Waals surface area contributed by atoms with E-state index >= 15 is 0 Å². The Balaban J connectivity index is 1.42. The zero-order valence-electron chi connectivity index (χ0n) is 17.0. The first-order chi connectivity index (χ1) is 14.6. The minimum absolute atomic E-state index is 0.0522. The van der Waals surface area contributed by atoms with Gasteiger partial charge in [-0.1, -0.05) is 72.8 Å². The summed E-state index contributed by atoms with van der Waals surface area (Å²) in [6.07, 6.45) is 1.00. The molecule has 0 saturated carbocycles. The van der Waals surface area contributed by atoms with E-state index in [1.54, 1.807) is 4.52 Å². The third kappa shape index (κ3) is 4.68. The molecule has 0 bridgehead atoms. The van der Waals surface area contributed by atoms with E-state index in [0.717, 1.165) is 23.2 Å². The lowest BCUT2D eigenvalue weighted by Gasteiger charge is -2.06. The summed E-state index contributed by atoms with van der Waals surface area (Å²) >= 11 is 1.33. The van der Waals surface area contributed by atoms with Crippen molar-refractivity contribution in [1.82, 2.24) is 25.1 Å². The lowest BCUT2D eigenvalue weighted by atomic mass is 10.1. The summed E-state index contributed by atoms with van der Waals surface area (Å²) in [5.41, 5.74) is 6.11. The van der Waals surface area contributed by atoms with Crippen LogP contribution >= 0.6 is 11.8 Å². The number of rotatable bonds is 7. The fourth-order valence-corrected chi connectivity index (χ4v) is 3.73. The molecule has 1 amide bonds. The fourth-order valence-electron chi connectivity index (χ4n) is 3.01. The van der Waals surface area contributed by atoms with Gasteiger partial charge >= 0.3 is 0 Å². The van der Waals surface area contributed by atoms with Crippen LogP contribution in [0.2, 0.25) is 0 Å². The lowest BCUT2D eigenvalue weighted by molar-refractivity contribution is -0.118. The molecule has 0 spiro atoms. The van der Waals surface area contributed by atoms with Crippen LogP contribution in [0.5, 0.6) is 0 Å². The number of fused-ring (bicyclic) bond motifs is 1. The van der Waals surface area contributed by atoms with Crippen molar-refractivity contribution in [2.75, 3.05) is 5.75 Å². The van der Waals surface area contributed by atoms with Crippen LogP contribution in [0.1, 0.15) is 23.6 Å². The minimum atomic E-state index is -0.0522. The first-order valence-corrected chi connectivity index (χ1v) is 10.9. The van der Waals surface area contributed by atoms with Crippen LogP contribution in [0.25, 0.3) is 16.9 Å². The van der Waals surface area contributed by atoms with Crippen LogP contribution in [0, 0.1) is 6.92 Å². The lowest BCUT2D eigenvalue weighted by Crippen LogP contribution is -2.24. The Hall–Kier alpha value is -3.19. The Morgan fingerprint density at radius 2 is 1.70 bits per heavy atom. The summed E-state index contributed by atoms with van der Waals surface area (Å²) in [5, 5.41) is 16.6. The predicted octanol–water partition coefficient (Wildman–Crippen LogP) is 4.07. The van der Waals surface area contributed by atoms with Gasteiger partial charge in [0.05, 0.1) is 11.4 Å². The molecule has 2 heterocycles. The number of hydrogen-bond donors (Lipinski definition) is 1. The Bertz CT molecular complexity index is 1150. The molecule has 0 aliphatic heterocycles. The summed E-state index contributed by atoms with van der Waals surface area (Å²) < 4.78 is 1.70. The van der Waals surface area contributed by atoms with Crippen LogP contribution in [0.4, 0.5) is 0 Å². The second kappa shape index (κ2) is 9.09. The van der Waals surface area contributed by atoms with Crippen molar-refractivity contribution in [2.24, 2.45) is 0 Å². The highest BCUT2D eigenvalue weighted by Crippen LogP contribution is 2.21. The molecule has 0 atom stereocenters. The maximum atomic E-state index is 12.3. The van der Waals surface area contributed by atoms with E-state index in [4.69, 9.17) is 0 Å². The quantitative estimate of drug-likeness (QED) is 0.459. The molecule has 0 unspecified atom stereocenters. The summed E-state index contributed by atoms with van der Waals surface area (Å²) in [4.78, 5) is 12.3. The molecule has 7 heteroatoms. The van der Waals surface area contributed by atoms with E-state index in [2.05, 4.69) is 51.8 Å². The molecule has 152 valence electrons. The SMILES string of the molecule is CCc1ccc(-c2ccc3nnc(SCC(=O)NCc4ccc(C)cc4)n3n2)cc1. The van der Waals surface area contributed by atoms with Crippen LogP contribution in [-0.2, 0) is 17.8 Å². The molecule has 6 nitrogen and oxygen atoms in total. The first-order valence-electron chi connectivity index (χ1n) is 9.89. The Labute approximate surface area is 179 Å². The zero-order chi connectivity index (χ0) is 20.9. The predicted molar refractivity (Wildman–Crippen MR) is 119 cm³/mol. The van der Waals surface area contributed by atoms with Crippen molar-refractivity contribution in [1.29, 1.82) is 0 Å². The molecule has 0 radical (unpaired) electrons. The number of amides is 1. The molecule has 30 heavy (non-hydrogen) atoms. The molecule has 4 rings (SSSR count). The van der Waals surface area contributed by atoms with Crippen molar-refractivity contribution in [2.45, 2.75) is 32.0 Å². The highest BCUT2D eigenvalue weighted by Gasteiger charge is 2.12. The number of thioether (sulfide) groups is 1. The number of nitrogens with zero attached hydrogens (tertiary/aromatic N) is 4. The number of aromatic nitrogens is 4. The van der Waals surface area contributed by atoms with E-state index in [1.807, 2.05) is 43.3 Å². The standard InChI is InChI=1S/C23H23N5OS/c1-3-17-8-10-19(11-9-17)20-12-13-21-25-26-23(28(21)27-20)30-15-22(29)24-14-18-6-4-16(2)5-7-18/h4-13H,3,14-15H2,1-2H3,(H,24,29). The average Bonchev–Trinajstić information content (AvgIpc) is 3.19. The topological polar surface area (TPSA) is 72.2 Å². The first kappa shape index (κ1) is 20.1. The third-order valence-corrected chi connectivity index (χ3v) is 5.75. The molecule has 2 aromatic heterocycles. The number of nitrogens with one attached hydrogen (secondary N) is 1. The van der Waals surface area contributed by atoms with Gasteiger partial charge in [-0.05, 0) is 36.6 Å². The molecule has 1 N–H and O–H groups in total. The molecular weight excluding hydrogens is 394 g/mol. The minimum Gasteiger partial charge on any atom is -0.351 e. The Morgan fingerprint density at radius 3 is 2.43 bits per heavy atom. The van der Waals surface area contributed by atoms with Crippen LogP contribution in [-0.4, -0.2) is 31.5 Å². The number of benzene rings is 2. The Morgan fingerprint density at radius 1 is 0.967 bits per heavy atom.